The van der Waals surface area contributed by atoms with Crippen LogP contribution in [0.4, 0.5) is 5.13 Å². The van der Waals surface area contributed by atoms with Crippen LogP contribution in [-0.2, 0) is 0 Å². The fourth-order valence-corrected chi connectivity index (χ4v) is 4.32. The first-order valence-corrected chi connectivity index (χ1v) is 10.7. The Morgan fingerprint density at radius 3 is 2.55 bits per heavy atom. The maximum atomic E-state index is 13.0. The van der Waals surface area contributed by atoms with Gasteiger partial charge in [0.05, 0.1) is 13.2 Å². The molecular formula is C21H24N4O3S. The molecule has 1 aliphatic heterocycles. The number of nitrogens with zero attached hydrogens (tertiary/aromatic N) is 4. The minimum atomic E-state index is 0.0135. The largest absolute Gasteiger partial charge is 0.490 e. The molecule has 4 rings (SSSR count). The monoisotopic (exact) mass is 412 g/mol. The zero-order valence-electron chi connectivity index (χ0n) is 16.6. The first kappa shape index (κ1) is 19.4. The van der Waals surface area contributed by atoms with Crippen LogP contribution >= 0.6 is 11.3 Å². The summed E-state index contributed by atoms with van der Waals surface area (Å²) in [6, 6.07) is 9.27. The average Bonchev–Trinajstić information content (AvgIpc) is 3.19. The van der Waals surface area contributed by atoms with Crippen LogP contribution < -0.4 is 14.4 Å². The Kier molecular flexibility index (Phi) is 5.80. The van der Waals surface area contributed by atoms with E-state index in [-0.39, 0.29) is 5.91 Å². The number of amides is 1. The number of rotatable bonds is 6. The molecule has 3 heterocycles. The molecule has 3 aromatic rings. The minimum Gasteiger partial charge on any atom is -0.490 e. The Hall–Kier alpha value is -2.87. The molecule has 1 saturated heterocycles. The lowest BCUT2D eigenvalue weighted by atomic mass is 10.1. The molecule has 2 aromatic heterocycles. The van der Waals surface area contributed by atoms with E-state index in [1.165, 1.54) is 0 Å². The maximum absolute atomic E-state index is 13.0. The van der Waals surface area contributed by atoms with Crippen LogP contribution in [0.2, 0.25) is 0 Å². The highest BCUT2D eigenvalue weighted by Crippen LogP contribution is 2.30. The van der Waals surface area contributed by atoms with Crippen molar-refractivity contribution in [2.45, 2.75) is 13.8 Å². The Morgan fingerprint density at radius 2 is 1.83 bits per heavy atom. The third kappa shape index (κ3) is 4.12. The number of fused-ring (bicyclic) bond motifs is 1. The summed E-state index contributed by atoms with van der Waals surface area (Å²) in [6.07, 6.45) is 1.79. The highest BCUT2D eigenvalue weighted by Gasteiger charge is 2.25. The Labute approximate surface area is 173 Å². The van der Waals surface area contributed by atoms with Gasteiger partial charge in [0.15, 0.2) is 16.6 Å². The molecular weight excluding hydrogens is 388 g/mol. The smallest absolute Gasteiger partial charge is 0.254 e. The van der Waals surface area contributed by atoms with Crippen LogP contribution in [0, 0.1) is 0 Å². The number of thiazole rings is 1. The number of hydrogen-bond acceptors (Lipinski definition) is 7. The van der Waals surface area contributed by atoms with Gasteiger partial charge < -0.3 is 19.3 Å². The van der Waals surface area contributed by atoms with Gasteiger partial charge >= 0.3 is 0 Å². The zero-order valence-corrected chi connectivity index (χ0v) is 17.4. The Bertz CT molecular complexity index is 966. The minimum absolute atomic E-state index is 0.0135. The topological polar surface area (TPSA) is 67.8 Å². The predicted molar refractivity (Wildman–Crippen MR) is 114 cm³/mol. The Balaban J connectivity index is 1.44. The molecule has 29 heavy (non-hydrogen) atoms. The van der Waals surface area contributed by atoms with Gasteiger partial charge in [-0.2, -0.15) is 0 Å². The molecule has 0 bridgehead atoms. The van der Waals surface area contributed by atoms with Gasteiger partial charge in [0.25, 0.3) is 5.91 Å². The summed E-state index contributed by atoms with van der Waals surface area (Å²) in [6.45, 7) is 7.72. The molecule has 1 aliphatic rings. The van der Waals surface area contributed by atoms with Gasteiger partial charge in [0.2, 0.25) is 0 Å². The van der Waals surface area contributed by atoms with E-state index in [0.29, 0.717) is 43.4 Å². The molecule has 0 unspecified atom stereocenters. The van der Waals surface area contributed by atoms with E-state index in [9.17, 15) is 4.79 Å². The molecule has 1 aromatic carbocycles. The molecule has 0 aliphatic carbocycles. The summed E-state index contributed by atoms with van der Waals surface area (Å²) in [5.74, 6) is 1.29. The number of benzene rings is 1. The third-order valence-electron chi connectivity index (χ3n) is 4.78. The molecule has 0 atom stereocenters. The summed E-state index contributed by atoms with van der Waals surface area (Å²) in [4.78, 5) is 27.1. The van der Waals surface area contributed by atoms with Gasteiger partial charge in [-0.3, -0.25) is 4.79 Å². The van der Waals surface area contributed by atoms with E-state index in [1.54, 1.807) is 29.7 Å². The second kappa shape index (κ2) is 8.65. The zero-order chi connectivity index (χ0) is 20.2. The summed E-state index contributed by atoms with van der Waals surface area (Å²) < 4.78 is 11.2. The Morgan fingerprint density at radius 1 is 1.07 bits per heavy atom. The van der Waals surface area contributed by atoms with Crippen molar-refractivity contribution in [2.75, 3.05) is 44.3 Å². The molecule has 1 fully saturated rings. The lowest BCUT2D eigenvalue weighted by Crippen LogP contribution is -2.48. The third-order valence-corrected chi connectivity index (χ3v) is 5.82. The van der Waals surface area contributed by atoms with Crippen LogP contribution in [0.1, 0.15) is 24.2 Å². The SMILES string of the molecule is CCOc1ccc(C(=O)N2CCN(c3nc4cccnc4s3)CC2)cc1OCC. The standard InChI is InChI=1S/C21H24N4O3S/c1-3-27-17-8-7-15(14-18(17)28-4-2)20(26)24-10-12-25(13-11-24)21-23-16-6-5-9-22-19(16)29-21/h5-9,14H,3-4,10-13H2,1-2H3. The molecule has 8 heteroatoms. The summed E-state index contributed by atoms with van der Waals surface area (Å²) >= 11 is 1.59. The van der Waals surface area contributed by atoms with Crippen LogP contribution in [-0.4, -0.2) is 60.2 Å². The molecule has 7 nitrogen and oxygen atoms in total. The van der Waals surface area contributed by atoms with Crippen molar-refractivity contribution in [3.63, 3.8) is 0 Å². The summed E-state index contributed by atoms with van der Waals surface area (Å²) in [5, 5.41) is 0.963. The van der Waals surface area contributed by atoms with E-state index in [0.717, 1.165) is 28.6 Å². The second-order valence-corrected chi connectivity index (χ2v) is 7.59. The van der Waals surface area contributed by atoms with Gasteiger partial charge in [0, 0.05) is 37.9 Å². The number of ether oxygens (including phenoxy) is 2. The van der Waals surface area contributed by atoms with E-state index in [2.05, 4.69) is 14.9 Å². The van der Waals surface area contributed by atoms with Crippen molar-refractivity contribution in [1.82, 2.24) is 14.9 Å². The maximum Gasteiger partial charge on any atom is 0.254 e. The second-order valence-electron chi connectivity index (χ2n) is 6.63. The number of aromatic nitrogens is 2. The predicted octanol–water partition coefficient (Wildman–Crippen LogP) is 3.45. The molecule has 0 spiro atoms. The number of hydrogen-bond donors (Lipinski definition) is 0. The van der Waals surface area contributed by atoms with E-state index in [1.807, 2.05) is 36.9 Å². The molecule has 0 N–H and O–H groups in total. The van der Waals surface area contributed by atoms with Crippen molar-refractivity contribution in [3.8, 4) is 11.5 Å². The number of pyridine rings is 1. The van der Waals surface area contributed by atoms with Crippen molar-refractivity contribution < 1.29 is 14.3 Å². The van der Waals surface area contributed by atoms with Crippen molar-refractivity contribution in [2.24, 2.45) is 0 Å². The van der Waals surface area contributed by atoms with E-state index in [4.69, 9.17) is 9.47 Å². The molecule has 0 radical (unpaired) electrons. The average molecular weight is 413 g/mol. The quantitative estimate of drug-likeness (QED) is 0.618. The number of piperazine rings is 1. The lowest BCUT2D eigenvalue weighted by molar-refractivity contribution is 0.0746. The van der Waals surface area contributed by atoms with Gasteiger partial charge in [-0.25, -0.2) is 9.97 Å². The van der Waals surface area contributed by atoms with E-state index < -0.39 is 0 Å². The lowest BCUT2D eigenvalue weighted by Gasteiger charge is -2.34. The van der Waals surface area contributed by atoms with Crippen molar-refractivity contribution in [1.29, 1.82) is 0 Å². The first-order valence-electron chi connectivity index (χ1n) is 9.85. The summed E-state index contributed by atoms with van der Waals surface area (Å²) in [5.41, 5.74) is 1.54. The number of carbonyl (C=O) groups excluding carboxylic acids is 1. The van der Waals surface area contributed by atoms with Crippen LogP contribution in [0.3, 0.4) is 0 Å². The first-order chi connectivity index (χ1) is 14.2. The van der Waals surface area contributed by atoms with Gasteiger partial charge in [0.1, 0.15) is 10.3 Å². The van der Waals surface area contributed by atoms with Gasteiger partial charge in [-0.05, 0) is 44.2 Å². The van der Waals surface area contributed by atoms with Crippen molar-refractivity contribution >= 4 is 32.7 Å². The van der Waals surface area contributed by atoms with Crippen LogP contribution in [0.5, 0.6) is 11.5 Å². The summed E-state index contributed by atoms with van der Waals surface area (Å²) in [7, 11) is 0. The van der Waals surface area contributed by atoms with Gasteiger partial charge in [-0.15, -0.1) is 0 Å². The number of anilines is 1. The number of carbonyl (C=O) groups is 1. The fourth-order valence-electron chi connectivity index (χ4n) is 3.36. The fraction of sp³-hybridized carbons (Fsp3) is 0.381. The van der Waals surface area contributed by atoms with Crippen molar-refractivity contribution in [3.05, 3.63) is 42.1 Å². The highest BCUT2D eigenvalue weighted by atomic mass is 32.1. The van der Waals surface area contributed by atoms with E-state index >= 15 is 0 Å². The highest BCUT2D eigenvalue weighted by molar-refractivity contribution is 7.21. The molecule has 1 amide bonds. The molecule has 0 saturated carbocycles. The van der Waals surface area contributed by atoms with Gasteiger partial charge in [-0.1, -0.05) is 11.3 Å². The van der Waals surface area contributed by atoms with Crippen LogP contribution in [0.15, 0.2) is 36.5 Å². The molecule has 152 valence electrons. The normalized spacial score (nSPS) is 14.3. The van der Waals surface area contributed by atoms with Crippen LogP contribution in [0.25, 0.3) is 10.3 Å².